The molecular formula is C14H23NO4. The van der Waals surface area contributed by atoms with Gasteiger partial charge in [-0.2, -0.15) is 0 Å². The fourth-order valence-corrected chi connectivity index (χ4v) is 2.87. The highest BCUT2D eigenvalue weighted by Gasteiger charge is 2.36. The third-order valence-electron chi connectivity index (χ3n) is 4.35. The first-order valence-corrected chi connectivity index (χ1v) is 7.20. The SMILES string of the molecule is O=C(O)CC1(NC(=O)CCC2CCC2)CCOCC1. The second-order valence-electron chi connectivity index (χ2n) is 5.85. The highest BCUT2D eigenvalue weighted by atomic mass is 16.5. The van der Waals surface area contributed by atoms with E-state index in [1.165, 1.54) is 19.3 Å². The third kappa shape index (κ3) is 4.20. The second kappa shape index (κ2) is 6.37. The molecule has 0 aromatic carbocycles. The van der Waals surface area contributed by atoms with Gasteiger partial charge in [-0.1, -0.05) is 19.3 Å². The summed E-state index contributed by atoms with van der Waals surface area (Å²) in [7, 11) is 0. The maximum absolute atomic E-state index is 12.0. The maximum atomic E-state index is 12.0. The lowest BCUT2D eigenvalue weighted by Crippen LogP contribution is -2.53. The lowest BCUT2D eigenvalue weighted by Gasteiger charge is -2.37. The fraction of sp³-hybridized carbons (Fsp3) is 0.857. The van der Waals surface area contributed by atoms with E-state index >= 15 is 0 Å². The van der Waals surface area contributed by atoms with Crippen LogP contribution in [0.2, 0.25) is 0 Å². The Morgan fingerprint density at radius 2 is 1.95 bits per heavy atom. The number of carboxylic acid groups (broad SMARTS) is 1. The van der Waals surface area contributed by atoms with Gasteiger partial charge in [-0.25, -0.2) is 0 Å². The van der Waals surface area contributed by atoms with Crippen LogP contribution in [-0.2, 0) is 14.3 Å². The van der Waals surface area contributed by atoms with Gasteiger partial charge in [0.2, 0.25) is 5.91 Å². The van der Waals surface area contributed by atoms with E-state index in [9.17, 15) is 9.59 Å². The number of hydrogen-bond donors (Lipinski definition) is 2. The van der Waals surface area contributed by atoms with Gasteiger partial charge in [0.05, 0.1) is 12.0 Å². The highest BCUT2D eigenvalue weighted by molar-refractivity contribution is 5.78. The Morgan fingerprint density at radius 3 is 2.47 bits per heavy atom. The minimum Gasteiger partial charge on any atom is -0.481 e. The van der Waals surface area contributed by atoms with Crippen LogP contribution < -0.4 is 5.32 Å². The Bertz CT molecular complexity index is 332. The number of carboxylic acids is 1. The van der Waals surface area contributed by atoms with E-state index in [1.807, 2.05) is 0 Å². The zero-order chi connectivity index (χ0) is 13.7. The van der Waals surface area contributed by atoms with Crippen molar-refractivity contribution in [2.24, 2.45) is 5.92 Å². The van der Waals surface area contributed by atoms with E-state index in [1.54, 1.807) is 0 Å². The molecule has 0 spiro atoms. The molecule has 5 nitrogen and oxygen atoms in total. The largest absolute Gasteiger partial charge is 0.481 e. The molecule has 0 unspecified atom stereocenters. The molecule has 0 aromatic heterocycles. The van der Waals surface area contributed by atoms with Gasteiger partial charge in [-0.3, -0.25) is 9.59 Å². The normalized spacial score (nSPS) is 22.5. The van der Waals surface area contributed by atoms with Gasteiger partial charge in [-0.15, -0.1) is 0 Å². The summed E-state index contributed by atoms with van der Waals surface area (Å²) in [6.45, 7) is 1.05. The van der Waals surface area contributed by atoms with Crippen LogP contribution >= 0.6 is 0 Å². The van der Waals surface area contributed by atoms with E-state index in [-0.39, 0.29) is 12.3 Å². The smallest absolute Gasteiger partial charge is 0.305 e. The molecule has 0 radical (unpaired) electrons. The molecular weight excluding hydrogens is 246 g/mol. The average Bonchev–Trinajstić information content (AvgIpc) is 2.26. The average molecular weight is 269 g/mol. The van der Waals surface area contributed by atoms with Gasteiger partial charge in [0.1, 0.15) is 0 Å². The van der Waals surface area contributed by atoms with Crippen molar-refractivity contribution in [1.29, 1.82) is 0 Å². The number of amides is 1. The minimum atomic E-state index is -0.860. The summed E-state index contributed by atoms with van der Waals surface area (Å²) < 4.78 is 5.27. The molecule has 1 heterocycles. The van der Waals surface area contributed by atoms with Crippen LogP contribution in [0.5, 0.6) is 0 Å². The van der Waals surface area contributed by atoms with Crippen LogP contribution in [0.3, 0.4) is 0 Å². The number of hydrogen-bond acceptors (Lipinski definition) is 3. The molecule has 0 aromatic rings. The topological polar surface area (TPSA) is 75.6 Å². The molecule has 0 bridgehead atoms. The number of aliphatic carboxylic acids is 1. The molecule has 2 rings (SSSR count). The lowest BCUT2D eigenvalue weighted by atomic mass is 9.81. The molecule has 0 atom stereocenters. The molecule has 1 aliphatic heterocycles. The first-order valence-electron chi connectivity index (χ1n) is 7.20. The Labute approximate surface area is 113 Å². The molecule has 1 aliphatic carbocycles. The maximum Gasteiger partial charge on any atom is 0.305 e. The van der Waals surface area contributed by atoms with Gasteiger partial charge < -0.3 is 15.2 Å². The molecule has 1 saturated heterocycles. The summed E-state index contributed by atoms with van der Waals surface area (Å²) in [6, 6.07) is 0. The summed E-state index contributed by atoms with van der Waals surface area (Å²) in [4.78, 5) is 23.0. The zero-order valence-electron chi connectivity index (χ0n) is 11.3. The van der Waals surface area contributed by atoms with E-state index in [2.05, 4.69) is 5.32 Å². The fourth-order valence-electron chi connectivity index (χ4n) is 2.87. The number of nitrogens with one attached hydrogen (secondary N) is 1. The predicted octanol–water partition coefficient (Wildman–Crippen LogP) is 1.71. The van der Waals surface area contributed by atoms with E-state index in [0.717, 1.165) is 6.42 Å². The monoisotopic (exact) mass is 269 g/mol. The van der Waals surface area contributed by atoms with E-state index in [0.29, 0.717) is 38.4 Å². The number of carbonyl (C=O) groups excluding carboxylic acids is 1. The van der Waals surface area contributed by atoms with Gasteiger partial charge in [0.15, 0.2) is 0 Å². The Balaban J connectivity index is 1.83. The molecule has 2 aliphatic rings. The molecule has 19 heavy (non-hydrogen) atoms. The first kappa shape index (κ1) is 14.3. The molecule has 2 N–H and O–H groups in total. The van der Waals surface area contributed by atoms with Crippen molar-refractivity contribution in [2.75, 3.05) is 13.2 Å². The van der Waals surface area contributed by atoms with Crippen LogP contribution in [0.15, 0.2) is 0 Å². The van der Waals surface area contributed by atoms with Crippen molar-refractivity contribution in [3.05, 3.63) is 0 Å². The Morgan fingerprint density at radius 1 is 1.26 bits per heavy atom. The Kier molecular flexibility index (Phi) is 4.80. The van der Waals surface area contributed by atoms with E-state index < -0.39 is 11.5 Å². The van der Waals surface area contributed by atoms with E-state index in [4.69, 9.17) is 9.84 Å². The van der Waals surface area contributed by atoms with Crippen LogP contribution in [0.25, 0.3) is 0 Å². The summed E-state index contributed by atoms with van der Waals surface area (Å²) in [5.74, 6) is -0.160. The van der Waals surface area contributed by atoms with Crippen molar-refractivity contribution in [3.8, 4) is 0 Å². The van der Waals surface area contributed by atoms with Gasteiger partial charge in [0, 0.05) is 19.6 Å². The summed E-state index contributed by atoms with van der Waals surface area (Å²) >= 11 is 0. The first-order chi connectivity index (χ1) is 9.10. The summed E-state index contributed by atoms with van der Waals surface area (Å²) in [6.07, 6.45) is 6.39. The van der Waals surface area contributed by atoms with Crippen LogP contribution in [0.4, 0.5) is 0 Å². The zero-order valence-corrected chi connectivity index (χ0v) is 11.3. The molecule has 2 fully saturated rings. The quantitative estimate of drug-likeness (QED) is 0.769. The van der Waals surface area contributed by atoms with Gasteiger partial charge in [0.25, 0.3) is 0 Å². The van der Waals surface area contributed by atoms with Gasteiger partial charge in [-0.05, 0) is 25.2 Å². The second-order valence-corrected chi connectivity index (χ2v) is 5.85. The van der Waals surface area contributed by atoms with Crippen molar-refractivity contribution >= 4 is 11.9 Å². The molecule has 5 heteroatoms. The number of ether oxygens (including phenoxy) is 1. The molecule has 1 amide bonds. The Hall–Kier alpha value is -1.10. The van der Waals surface area contributed by atoms with Crippen molar-refractivity contribution in [3.63, 3.8) is 0 Å². The van der Waals surface area contributed by atoms with Crippen LogP contribution in [0, 0.1) is 5.92 Å². The summed E-state index contributed by atoms with van der Waals surface area (Å²) in [5.41, 5.74) is -0.596. The van der Waals surface area contributed by atoms with Gasteiger partial charge >= 0.3 is 5.97 Å². The number of carbonyl (C=O) groups is 2. The minimum absolute atomic E-state index is 0.00458. The van der Waals surface area contributed by atoms with Crippen molar-refractivity contribution in [1.82, 2.24) is 5.32 Å². The predicted molar refractivity (Wildman–Crippen MR) is 69.8 cm³/mol. The lowest BCUT2D eigenvalue weighted by molar-refractivity contribution is -0.140. The number of rotatable bonds is 6. The van der Waals surface area contributed by atoms with Crippen LogP contribution in [-0.4, -0.2) is 35.7 Å². The highest BCUT2D eigenvalue weighted by Crippen LogP contribution is 2.31. The third-order valence-corrected chi connectivity index (χ3v) is 4.35. The summed E-state index contributed by atoms with van der Waals surface area (Å²) in [5, 5.41) is 12.0. The van der Waals surface area contributed by atoms with Crippen LogP contribution in [0.1, 0.15) is 51.4 Å². The molecule has 108 valence electrons. The van der Waals surface area contributed by atoms with Crippen molar-refractivity contribution < 1.29 is 19.4 Å². The molecule has 1 saturated carbocycles. The standard InChI is InChI=1S/C14H23NO4/c16-12(5-4-11-2-1-3-11)15-14(10-13(17)18)6-8-19-9-7-14/h11H,1-10H2,(H,15,16)(H,17,18). The van der Waals surface area contributed by atoms with Crippen molar-refractivity contribution in [2.45, 2.75) is 56.9 Å².